The summed E-state index contributed by atoms with van der Waals surface area (Å²) < 4.78 is 54.6. The van der Waals surface area contributed by atoms with Crippen LogP contribution in [0.1, 0.15) is 12.8 Å². The van der Waals surface area contributed by atoms with E-state index in [1.54, 1.807) is 0 Å². The van der Waals surface area contributed by atoms with E-state index in [-0.39, 0.29) is 37.8 Å². The number of nitrogens with one attached hydrogen (secondary N) is 1. The van der Waals surface area contributed by atoms with E-state index in [0.717, 1.165) is 26.7 Å². The van der Waals surface area contributed by atoms with Gasteiger partial charge in [0.15, 0.2) is 5.13 Å². The van der Waals surface area contributed by atoms with Crippen LogP contribution in [0.15, 0.2) is 47.4 Å². The molecule has 152 valence electrons. The molecule has 4 rings (SSSR count). The van der Waals surface area contributed by atoms with E-state index in [9.17, 15) is 22.0 Å². The number of hydrogen-bond donors (Lipinski definition) is 1. The fourth-order valence-corrected chi connectivity index (χ4v) is 5.72. The maximum absolute atomic E-state index is 13.9. The SMILES string of the molecule is O=C(Nc1nc2ccccc2s1)C1CCN(S(=O)(=O)c2cc(F)ccc2F)CC1. The highest BCUT2D eigenvalue weighted by Crippen LogP contribution is 2.29. The fourth-order valence-electron chi connectivity index (χ4n) is 3.31. The third-order valence-corrected chi connectivity index (χ3v) is 7.73. The zero-order valence-electron chi connectivity index (χ0n) is 15.1. The predicted octanol–water partition coefficient (Wildman–Crippen LogP) is 3.61. The normalized spacial score (nSPS) is 16.2. The minimum Gasteiger partial charge on any atom is -0.302 e. The van der Waals surface area contributed by atoms with Crippen molar-refractivity contribution in [3.63, 3.8) is 0 Å². The van der Waals surface area contributed by atoms with Gasteiger partial charge >= 0.3 is 0 Å². The lowest BCUT2D eigenvalue weighted by molar-refractivity contribution is -0.120. The zero-order chi connectivity index (χ0) is 20.6. The van der Waals surface area contributed by atoms with E-state index in [4.69, 9.17) is 0 Å². The number of carbonyl (C=O) groups excluding carboxylic acids is 1. The molecule has 1 aromatic heterocycles. The number of nitrogens with zero attached hydrogens (tertiary/aromatic N) is 2. The van der Waals surface area contributed by atoms with Gasteiger partial charge in [0.1, 0.15) is 16.5 Å². The van der Waals surface area contributed by atoms with Crippen molar-refractivity contribution in [2.24, 2.45) is 5.92 Å². The van der Waals surface area contributed by atoms with Gasteiger partial charge in [-0.2, -0.15) is 4.31 Å². The Kier molecular flexibility index (Phi) is 5.32. The highest BCUT2D eigenvalue weighted by molar-refractivity contribution is 7.89. The molecular formula is C19H17F2N3O3S2. The Morgan fingerprint density at radius 1 is 1.14 bits per heavy atom. The molecule has 1 saturated heterocycles. The molecule has 6 nitrogen and oxygen atoms in total. The summed E-state index contributed by atoms with van der Waals surface area (Å²) >= 11 is 1.37. The molecule has 1 N–H and O–H groups in total. The van der Waals surface area contributed by atoms with Crippen LogP contribution in [0.2, 0.25) is 0 Å². The number of rotatable bonds is 4. The van der Waals surface area contributed by atoms with Crippen LogP contribution in [0.4, 0.5) is 13.9 Å². The summed E-state index contributed by atoms with van der Waals surface area (Å²) in [5, 5.41) is 3.29. The van der Waals surface area contributed by atoms with Crippen molar-refractivity contribution in [2.45, 2.75) is 17.7 Å². The first-order valence-electron chi connectivity index (χ1n) is 8.96. The first kappa shape index (κ1) is 19.9. The van der Waals surface area contributed by atoms with E-state index in [1.165, 1.54) is 11.3 Å². The number of amides is 1. The number of carbonyl (C=O) groups is 1. The number of fused-ring (bicyclic) bond motifs is 1. The fraction of sp³-hybridized carbons (Fsp3) is 0.263. The third-order valence-electron chi connectivity index (χ3n) is 4.86. The van der Waals surface area contributed by atoms with Crippen LogP contribution in [-0.4, -0.2) is 36.7 Å². The number of aromatic nitrogens is 1. The number of anilines is 1. The van der Waals surface area contributed by atoms with Gasteiger partial charge in [-0.25, -0.2) is 22.2 Å². The van der Waals surface area contributed by atoms with Crippen molar-refractivity contribution in [3.05, 3.63) is 54.1 Å². The molecule has 1 fully saturated rings. The molecule has 0 unspecified atom stereocenters. The molecular weight excluding hydrogens is 420 g/mol. The molecule has 3 aromatic rings. The first-order chi connectivity index (χ1) is 13.8. The van der Waals surface area contributed by atoms with E-state index in [0.29, 0.717) is 11.2 Å². The van der Waals surface area contributed by atoms with Crippen LogP contribution >= 0.6 is 11.3 Å². The topological polar surface area (TPSA) is 79.4 Å². The molecule has 1 aliphatic heterocycles. The summed E-state index contributed by atoms with van der Waals surface area (Å²) in [5.41, 5.74) is 0.797. The second-order valence-electron chi connectivity index (χ2n) is 6.73. The molecule has 1 amide bonds. The van der Waals surface area contributed by atoms with Crippen molar-refractivity contribution >= 4 is 42.6 Å². The number of hydrogen-bond acceptors (Lipinski definition) is 5. The summed E-state index contributed by atoms with van der Waals surface area (Å²) in [6.07, 6.45) is 0.569. The number of halogens is 2. The zero-order valence-corrected chi connectivity index (χ0v) is 16.8. The standard InChI is InChI=1S/C19H17F2N3O3S2/c20-13-5-6-14(21)17(11-13)29(26,27)24-9-7-12(8-10-24)18(25)23-19-22-15-3-1-2-4-16(15)28-19/h1-6,11-12H,7-10H2,(H,22,23,25). The van der Waals surface area contributed by atoms with Gasteiger partial charge in [0.05, 0.1) is 10.2 Å². The van der Waals surface area contributed by atoms with E-state index in [1.807, 2.05) is 24.3 Å². The molecule has 0 bridgehead atoms. The van der Waals surface area contributed by atoms with Gasteiger partial charge in [-0.3, -0.25) is 4.79 Å². The highest BCUT2D eigenvalue weighted by Gasteiger charge is 2.34. The lowest BCUT2D eigenvalue weighted by atomic mass is 9.97. The second kappa shape index (κ2) is 7.77. The Morgan fingerprint density at radius 3 is 2.59 bits per heavy atom. The molecule has 0 aliphatic carbocycles. The average molecular weight is 437 g/mol. The lowest BCUT2D eigenvalue weighted by Gasteiger charge is -2.30. The monoisotopic (exact) mass is 437 g/mol. The smallest absolute Gasteiger partial charge is 0.246 e. The first-order valence-corrected chi connectivity index (χ1v) is 11.2. The van der Waals surface area contributed by atoms with Crippen LogP contribution in [0.3, 0.4) is 0 Å². The Bertz CT molecular complexity index is 1140. The van der Waals surface area contributed by atoms with Gasteiger partial charge in [-0.1, -0.05) is 23.5 Å². The van der Waals surface area contributed by atoms with Crippen molar-refractivity contribution in [3.8, 4) is 0 Å². The molecule has 0 spiro atoms. The maximum atomic E-state index is 13.9. The number of thiazole rings is 1. The molecule has 2 heterocycles. The number of sulfonamides is 1. The molecule has 10 heteroatoms. The van der Waals surface area contributed by atoms with Crippen LogP contribution in [0.5, 0.6) is 0 Å². The van der Waals surface area contributed by atoms with E-state index >= 15 is 0 Å². The van der Waals surface area contributed by atoms with Crippen molar-refractivity contribution in [1.29, 1.82) is 0 Å². The summed E-state index contributed by atoms with van der Waals surface area (Å²) in [5.74, 6) is -2.43. The summed E-state index contributed by atoms with van der Waals surface area (Å²) in [7, 11) is -4.16. The van der Waals surface area contributed by atoms with Gasteiger partial charge in [0.2, 0.25) is 15.9 Å². The van der Waals surface area contributed by atoms with E-state index < -0.39 is 26.6 Å². The van der Waals surface area contributed by atoms with Crippen LogP contribution in [0, 0.1) is 17.6 Å². The molecule has 29 heavy (non-hydrogen) atoms. The van der Waals surface area contributed by atoms with E-state index in [2.05, 4.69) is 10.3 Å². The Hall–Kier alpha value is -2.43. The lowest BCUT2D eigenvalue weighted by Crippen LogP contribution is -2.41. The molecule has 2 aromatic carbocycles. The van der Waals surface area contributed by atoms with Gasteiger partial charge in [0.25, 0.3) is 0 Å². The van der Waals surface area contributed by atoms with Gasteiger partial charge in [-0.05, 0) is 43.2 Å². The Morgan fingerprint density at radius 2 is 1.86 bits per heavy atom. The largest absolute Gasteiger partial charge is 0.302 e. The number of piperidine rings is 1. The molecule has 1 aliphatic rings. The quantitative estimate of drug-likeness (QED) is 0.676. The van der Waals surface area contributed by atoms with Crippen molar-refractivity contribution in [1.82, 2.24) is 9.29 Å². The highest BCUT2D eigenvalue weighted by atomic mass is 32.2. The average Bonchev–Trinajstić information content (AvgIpc) is 3.12. The van der Waals surface area contributed by atoms with Crippen molar-refractivity contribution in [2.75, 3.05) is 18.4 Å². The van der Waals surface area contributed by atoms with Gasteiger partial charge in [0, 0.05) is 19.0 Å². The molecule has 0 saturated carbocycles. The summed E-state index contributed by atoms with van der Waals surface area (Å²) in [4.78, 5) is 16.2. The summed E-state index contributed by atoms with van der Waals surface area (Å²) in [6.45, 7) is 0.104. The van der Waals surface area contributed by atoms with Crippen LogP contribution in [-0.2, 0) is 14.8 Å². The number of benzene rings is 2. The molecule has 0 radical (unpaired) electrons. The number of para-hydroxylation sites is 1. The van der Waals surface area contributed by atoms with Crippen molar-refractivity contribution < 1.29 is 22.0 Å². The Balaban J connectivity index is 1.42. The predicted molar refractivity (Wildman–Crippen MR) is 106 cm³/mol. The van der Waals surface area contributed by atoms with Crippen LogP contribution < -0.4 is 5.32 Å². The summed E-state index contributed by atoms with van der Waals surface area (Å²) in [6, 6.07) is 9.87. The van der Waals surface area contributed by atoms with Gasteiger partial charge < -0.3 is 5.32 Å². The second-order valence-corrected chi connectivity index (χ2v) is 9.67. The minimum absolute atomic E-state index is 0.0518. The molecule has 0 atom stereocenters. The van der Waals surface area contributed by atoms with Crippen LogP contribution in [0.25, 0.3) is 10.2 Å². The van der Waals surface area contributed by atoms with Gasteiger partial charge in [-0.15, -0.1) is 0 Å². The minimum atomic E-state index is -4.16. The Labute approximate surface area is 170 Å². The maximum Gasteiger partial charge on any atom is 0.246 e. The third kappa shape index (κ3) is 4.00.